The second kappa shape index (κ2) is 8.86. The largest absolute Gasteiger partial charge is 0.383 e. The van der Waals surface area contributed by atoms with Crippen LogP contribution < -0.4 is 5.32 Å². The summed E-state index contributed by atoms with van der Waals surface area (Å²) in [6.07, 6.45) is 2.74. The Morgan fingerprint density at radius 1 is 1.35 bits per heavy atom. The summed E-state index contributed by atoms with van der Waals surface area (Å²) >= 11 is 0. The van der Waals surface area contributed by atoms with E-state index in [9.17, 15) is 0 Å². The third kappa shape index (κ3) is 8.55. The smallest absolute Gasteiger partial charge is 0.0613 e. The fraction of sp³-hybridized carbons (Fsp3) is 1.00. The lowest BCUT2D eigenvalue weighted by atomic mass is 10.3. The van der Waals surface area contributed by atoms with E-state index in [1.807, 2.05) is 0 Å². The molecule has 1 aliphatic rings. The van der Waals surface area contributed by atoms with Crippen LogP contribution in [0.1, 0.15) is 19.8 Å². The predicted molar refractivity (Wildman–Crippen MR) is 70.4 cm³/mol. The maximum atomic E-state index is 5.61. The molecular weight excluding hydrogens is 216 g/mol. The van der Waals surface area contributed by atoms with Gasteiger partial charge in [-0.2, -0.15) is 0 Å². The van der Waals surface area contributed by atoms with Crippen LogP contribution in [-0.2, 0) is 9.47 Å². The zero-order chi connectivity index (χ0) is 12.5. The van der Waals surface area contributed by atoms with Gasteiger partial charge in [-0.1, -0.05) is 0 Å². The number of rotatable bonds is 11. The highest BCUT2D eigenvalue weighted by atomic mass is 16.5. The van der Waals surface area contributed by atoms with E-state index in [0.29, 0.717) is 6.04 Å². The van der Waals surface area contributed by atoms with Crippen LogP contribution in [0.5, 0.6) is 0 Å². The molecule has 0 heterocycles. The second-order valence-electron chi connectivity index (χ2n) is 5.13. The van der Waals surface area contributed by atoms with Crippen LogP contribution in [0.3, 0.4) is 0 Å². The molecule has 0 saturated heterocycles. The first kappa shape index (κ1) is 14.9. The lowest BCUT2D eigenvalue weighted by molar-refractivity contribution is 0.103. The van der Waals surface area contributed by atoms with Gasteiger partial charge in [0.05, 0.1) is 13.2 Å². The summed E-state index contributed by atoms with van der Waals surface area (Å²) in [6, 6.07) is 0.430. The Hall–Kier alpha value is -0.160. The maximum Gasteiger partial charge on any atom is 0.0613 e. The van der Waals surface area contributed by atoms with E-state index in [2.05, 4.69) is 24.2 Å². The minimum atomic E-state index is 0.430. The van der Waals surface area contributed by atoms with Crippen LogP contribution >= 0.6 is 0 Å². The molecule has 1 aliphatic carbocycles. The highest BCUT2D eigenvalue weighted by Crippen LogP contribution is 2.28. The van der Waals surface area contributed by atoms with Crippen LogP contribution in [0.2, 0.25) is 0 Å². The number of likely N-dealkylation sites (N-methyl/N-ethyl adjacent to an activating group) is 1. The van der Waals surface area contributed by atoms with Gasteiger partial charge in [0.1, 0.15) is 0 Å². The molecule has 0 amide bonds. The predicted octanol–water partition coefficient (Wildman–Crippen LogP) is 0.969. The SMILES string of the molecule is COCC(C)NCCN(C)CCOCC1CC1. The zero-order valence-corrected chi connectivity index (χ0v) is 11.6. The molecular formula is C13H28N2O2. The van der Waals surface area contributed by atoms with Crippen LogP contribution in [0.4, 0.5) is 0 Å². The van der Waals surface area contributed by atoms with E-state index in [-0.39, 0.29) is 0 Å². The molecule has 0 radical (unpaired) electrons. The van der Waals surface area contributed by atoms with Gasteiger partial charge in [-0.3, -0.25) is 0 Å². The molecule has 0 aliphatic heterocycles. The molecule has 1 fully saturated rings. The Balaban J connectivity index is 1.84. The first-order valence-corrected chi connectivity index (χ1v) is 6.71. The zero-order valence-electron chi connectivity index (χ0n) is 11.6. The number of ether oxygens (including phenoxy) is 2. The number of hydrogen-bond donors (Lipinski definition) is 1. The van der Waals surface area contributed by atoms with Crippen LogP contribution in [0.15, 0.2) is 0 Å². The Morgan fingerprint density at radius 2 is 2.12 bits per heavy atom. The van der Waals surface area contributed by atoms with Gasteiger partial charge in [0.15, 0.2) is 0 Å². The standard InChI is InChI=1S/C13H28N2O2/c1-12(10-16-3)14-6-7-15(2)8-9-17-11-13-4-5-13/h12-14H,4-11H2,1-3H3. The minimum Gasteiger partial charge on any atom is -0.383 e. The van der Waals surface area contributed by atoms with Crippen molar-refractivity contribution in [1.82, 2.24) is 10.2 Å². The Bertz CT molecular complexity index is 186. The number of hydrogen-bond acceptors (Lipinski definition) is 4. The van der Waals surface area contributed by atoms with Gasteiger partial charge >= 0.3 is 0 Å². The first-order valence-electron chi connectivity index (χ1n) is 6.71. The third-order valence-corrected chi connectivity index (χ3v) is 3.07. The van der Waals surface area contributed by atoms with Crippen molar-refractivity contribution in [2.24, 2.45) is 5.92 Å². The third-order valence-electron chi connectivity index (χ3n) is 3.07. The molecule has 1 unspecified atom stereocenters. The van der Waals surface area contributed by atoms with Gasteiger partial charge in [-0.05, 0) is 32.7 Å². The molecule has 0 spiro atoms. The molecule has 1 rings (SSSR count). The van der Waals surface area contributed by atoms with Crippen molar-refractivity contribution < 1.29 is 9.47 Å². The number of methoxy groups -OCH3 is 1. The number of nitrogens with one attached hydrogen (secondary N) is 1. The topological polar surface area (TPSA) is 33.7 Å². The van der Waals surface area contributed by atoms with Gasteiger partial charge in [0.2, 0.25) is 0 Å². The van der Waals surface area contributed by atoms with Crippen LogP contribution in [0.25, 0.3) is 0 Å². The molecule has 1 atom stereocenters. The molecule has 0 aromatic carbocycles. The molecule has 1 saturated carbocycles. The molecule has 0 aromatic rings. The molecule has 102 valence electrons. The Kier molecular flexibility index (Phi) is 7.77. The first-order chi connectivity index (χ1) is 8.22. The summed E-state index contributed by atoms with van der Waals surface area (Å²) in [5.41, 5.74) is 0. The van der Waals surface area contributed by atoms with E-state index in [0.717, 1.165) is 45.4 Å². The monoisotopic (exact) mass is 244 g/mol. The maximum absolute atomic E-state index is 5.61. The summed E-state index contributed by atoms with van der Waals surface area (Å²) in [7, 11) is 3.88. The van der Waals surface area contributed by atoms with Crippen molar-refractivity contribution in [1.29, 1.82) is 0 Å². The fourth-order valence-electron chi connectivity index (χ4n) is 1.68. The van der Waals surface area contributed by atoms with Crippen molar-refractivity contribution in [3.63, 3.8) is 0 Å². The lowest BCUT2D eigenvalue weighted by Gasteiger charge is -2.19. The van der Waals surface area contributed by atoms with Gasteiger partial charge in [-0.25, -0.2) is 0 Å². The fourth-order valence-corrected chi connectivity index (χ4v) is 1.68. The van der Waals surface area contributed by atoms with E-state index in [1.165, 1.54) is 12.8 Å². The van der Waals surface area contributed by atoms with Crippen molar-refractivity contribution in [2.45, 2.75) is 25.8 Å². The van der Waals surface area contributed by atoms with Crippen molar-refractivity contribution >= 4 is 0 Å². The van der Waals surface area contributed by atoms with Gasteiger partial charge in [0.25, 0.3) is 0 Å². The molecule has 0 bridgehead atoms. The Labute approximate surface area is 106 Å². The normalized spacial score (nSPS) is 17.6. The van der Waals surface area contributed by atoms with E-state index >= 15 is 0 Å². The summed E-state index contributed by atoms with van der Waals surface area (Å²) in [4.78, 5) is 2.30. The van der Waals surface area contributed by atoms with Crippen molar-refractivity contribution in [3.05, 3.63) is 0 Å². The van der Waals surface area contributed by atoms with E-state index in [4.69, 9.17) is 9.47 Å². The highest BCUT2D eigenvalue weighted by Gasteiger charge is 2.20. The minimum absolute atomic E-state index is 0.430. The quantitative estimate of drug-likeness (QED) is 0.549. The van der Waals surface area contributed by atoms with Crippen LogP contribution in [-0.4, -0.2) is 64.6 Å². The Morgan fingerprint density at radius 3 is 2.76 bits per heavy atom. The van der Waals surface area contributed by atoms with Crippen LogP contribution in [0, 0.1) is 5.92 Å². The average Bonchev–Trinajstić information content (AvgIpc) is 3.09. The summed E-state index contributed by atoms with van der Waals surface area (Å²) in [5.74, 6) is 0.872. The van der Waals surface area contributed by atoms with Crippen molar-refractivity contribution in [2.75, 3.05) is 53.6 Å². The lowest BCUT2D eigenvalue weighted by Crippen LogP contribution is -2.37. The summed E-state index contributed by atoms with van der Waals surface area (Å²) < 4.78 is 10.7. The average molecular weight is 244 g/mol. The van der Waals surface area contributed by atoms with Gasteiger partial charge in [0, 0.05) is 39.4 Å². The molecule has 1 N–H and O–H groups in total. The van der Waals surface area contributed by atoms with Crippen molar-refractivity contribution in [3.8, 4) is 0 Å². The summed E-state index contributed by atoms with van der Waals surface area (Å²) in [5, 5.41) is 3.43. The molecule has 4 nitrogen and oxygen atoms in total. The summed E-state index contributed by atoms with van der Waals surface area (Å²) in [6.45, 7) is 7.83. The molecule has 4 heteroatoms. The second-order valence-corrected chi connectivity index (χ2v) is 5.13. The molecule has 0 aromatic heterocycles. The van der Waals surface area contributed by atoms with Gasteiger partial charge < -0.3 is 19.7 Å². The number of nitrogens with zero attached hydrogens (tertiary/aromatic N) is 1. The van der Waals surface area contributed by atoms with E-state index < -0.39 is 0 Å². The highest BCUT2D eigenvalue weighted by molar-refractivity contribution is 4.72. The van der Waals surface area contributed by atoms with Gasteiger partial charge in [-0.15, -0.1) is 0 Å². The molecule has 17 heavy (non-hydrogen) atoms. The van der Waals surface area contributed by atoms with E-state index in [1.54, 1.807) is 7.11 Å².